The Morgan fingerprint density at radius 2 is 1.88 bits per heavy atom. The smallest absolute Gasteiger partial charge is 0.316 e. The number of esters is 1. The van der Waals surface area contributed by atoms with Crippen molar-refractivity contribution in [3.05, 3.63) is 42.5 Å². The summed E-state index contributed by atoms with van der Waals surface area (Å²) < 4.78 is 5.12. The number of carbonyl (C=O) groups excluding carboxylic acids is 2. The van der Waals surface area contributed by atoms with Crippen LogP contribution in [0, 0.1) is 5.92 Å². The zero-order chi connectivity index (χ0) is 18.4. The Morgan fingerprint density at radius 3 is 2.69 bits per heavy atom. The molecule has 0 bridgehead atoms. The van der Waals surface area contributed by atoms with Crippen molar-refractivity contribution in [3.63, 3.8) is 0 Å². The van der Waals surface area contributed by atoms with E-state index in [4.69, 9.17) is 4.74 Å². The number of carbonyl (C=O) groups is 2. The third-order valence-electron chi connectivity index (χ3n) is 4.90. The van der Waals surface area contributed by atoms with E-state index in [0.29, 0.717) is 5.92 Å². The van der Waals surface area contributed by atoms with Gasteiger partial charge in [0.1, 0.15) is 0 Å². The molecule has 1 fully saturated rings. The maximum absolute atomic E-state index is 12.0. The van der Waals surface area contributed by atoms with Crippen LogP contribution >= 0.6 is 11.8 Å². The van der Waals surface area contributed by atoms with Crippen LogP contribution in [0.4, 0.5) is 0 Å². The van der Waals surface area contributed by atoms with Crippen LogP contribution in [-0.2, 0) is 14.3 Å². The standard InChI is InChI=1S/C21H25NO3S/c1-15-6-2-5-9-19(15)22-20(23)13-25-21(24)14-26-18-11-10-16-7-3-4-8-17(16)12-18/h3-4,7-8,10-12,15,19H,2,5-6,9,13-14H2,1H3,(H,22,23)/t15-,19-/m0/s1. The summed E-state index contributed by atoms with van der Waals surface area (Å²) >= 11 is 1.42. The van der Waals surface area contributed by atoms with Crippen molar-refractivity contribution in [2.75, 3.05) is 12.4 Å². The quantitative estimate of drug-likeness (QED) is 0.612. The molecule has 138 valence electrons. The average Bonchev–Trinajstić information content (AvgIpc) is 2.66. The van der Waals surface area contributed by atoms with Gasteiger partial charge in [0.2, 0.25) is 0 Å². The number of hydrogen-bond donors (Lipinski definition) is 1. The van der Waals surface area contributed by atoms with Crippen LogP contribution in [0.15, 0.2) is 47.4 Å². The molecule has 0 spiro atoms. The summed E-state index contributed by atoms with van der Waals surface area (Å²) in [5, 5.41) is 5.31. The lowest BCUT2D eigenvalue weighted by atomic mass is 9.86. The van der Waals surface area contributed by atoms with Gasteiger partial charge in [0.25, 0.3) is 5.91 Å². The Labute approximate surface area is 158 Å². The number of ether oxygens (including phenoxy) is 1. The number of nitrogens with one attached hydrogen (secondary N) is 1. The van der Waals surface area contributed by atoms with E-state index in [1.54, 1.807) is 0 Å². The third kappa shape index (κ3) is 5.24. The van der Waals surface area contributed by atoms with Gasteiger partial charge in [-0.1, -0.05) is 50.1 Å². The maximum Gasteiger partial charge on any atom is 0.316 e. The minimum atomic E-state index is -0.366. The second kappa shape index (κ2) is 9.08. The molecule has 0 unspecified atom stereocenters. The fourth-order valence-corrected chi connectivity index (χ4v) is 4.11. The minimum absolute atomic E-state index is 0.194. The average molecular weight is 372 g/mol. The molecule has 2 atom stereocenters. The number of amides is 1. The van der Waals surface area contributed by atoms with Crippen molar-refractivity contribution in [1.82, 2.24) is 5.32 Å². The van der Waals surface area contributed by atoms with Gasteiger partial charge in [0.05, 0.1) is 5.75 Å². The SMILES string of the molecule is C[C@H]1CCCC[C@@H]1NC(=O)COC(=O)CSc1ccc2ccccc2c1. The molecule has 26 heavy (non-hydrogen) atoms. The molecule has 0 aromatic heterocycles. The van der Waals surface area contributed by atoms with Crippen LogP contribution < -0.4 is 5.32 Å². The van der Waals surface area contributed by atoms with E-state index in [1.807, 2.05) is 30.3 Å². The molecule has 1 saturated carbocycles. The van der Waals surface area contributed by atoms with Crippen LogP contribution in [0.25, 0.3) is 10.8 Å². The number of hydrogen-bond acceptors (Lipinski definition) is 4. The minimum Gasteiger partial charge on any atom is -0.455 e. The van der Waals surface area contributed by atoms with E-state index in [-0.39, 0.29) is 30.3 Å². The Bertz CT molecular complexity index is 777. The zero-order valence-corrected chi connectivity index (χ0v) is 15.9. The van der Waals surface area contributed by atoms with E-state index in [9.17, 15) is 9.59 Å². The molecule has 0 heterocycles. The lowest BCUT2D eigenvalue weighted by Gasteiger charge is -2.29. The normalized spacial score (nSPS) is 19.9. The van der Waals surface area contributed by atoms with E-state index in [2.05, 4.69) is 24.4 Å². The first-order valence-corrected chi connectivity index (χ1v) is 10.2. The van der Waals surface area contributed by atoms with Gasteiger partial charge in [0, 0.05) is 10.9 Å². The van der Waals surface area contributed by atoms with Crippen molar-refractivity contribution in [1.29, 1.82) is 0 Å². The molecular weight excluding hydrogens is 346 g/mol. The number of benzene rings is 2. The molecular formula is C21H25NO3S. The van der Waals surface area contributed by atoms with Crippen molar-refractivity contribution >= 4 is 34.4 Å². The highest BCUT2D eigenvalue weighted by atomic mass is 32.2. The number of rotatable bonds is 6. The summed E-state index contributed by atoms with van der Waals surface area (Å²) in [6.45, 7) is 1.97. The van der Waals surface area contributed by atoms with Crippen molar-refractivity contribution in [2.45, 2.75) is 43.5 Å². The molecule has 4 nitrogen and oxygen atoms in total. The highest BCUT2D eigenvalue weighted by Crippen LogP contribution is 2.24. The molecule has 0 aliphatic heterocycles. The van der Waals surface area contributed by atoms with Crippen molar-refractivity contribution in [2.24, 2.45) is 5.92 Å². The molecule has 2 aromatic rings. The van der Waals surface area contributed by atoms with E-state index < -0.39 is 0 Å². The van der Waals surface area contributed by atoms with Crippen molar-refractivity contribution < 1.29 is 14.3 Å². The molecule has 0 saturated heterocycles. The Hall–Kier alpha value is -2.01. The summed E-state index contributed by atoms with van der Waals surface area (Å²) in [5.41, 5.74) is 0. The predicted molar refractivity (Wildman–Crippen MR) is 105 cm³/mol. The Balaban J connectivity index is 1.41. The van der Waals surface area contributed by atoms with E-state index in [0.717, 1.165) is 29.5 Å². The topological polar surface area (TPSA) is 55.4 Å². The van der Waals surface area contributed by atoms with Gasteiger partial charge in [-0.2, -0.15) is 0 Å². The first-order chi connectivity index (χ1) is 12.6. The molecule has 1 aliphatic rings. The Kier molecular flexibility index (Phi) is 6.56. The molecule has 2 aromatic carbocycles. The van der Waals surface area contributed by atoms with Gasteiger partial charge in [-0.25, -0.2) is 0 Å². The number of thioether (sulfide) groups is 1. The van der Waals surface area contributed by atoms with Crippen LogP contribution in [0.2, 0.25) is 0 Å². The highest BCUT2D eigenvalue weighted by molar-refractivity contribution is 8.00. The van der Waals surface area contributed by atoms with Gasteiger partial charge in [-0.3, -0.25) is 9.59 Å². The second-order valence-electron chi connectivity index (χ2n) is 6.89. The Morgan fingerprint density at radius 1 is 1.12 bits per heavy atom. The first kappa shape index (κ1) is 18.8. The van der Waals surface area contributed by atoms with Crippen LogP contribution in [0.1, 0.15) is 32.6 Å². The molecule has 3 rings (SSSR count). The fourth-order valence-electron chi connectivity index (χ4n) is 3.37. The molecule has 1 N–H and O–H groups in total. The van der Waals surface area contributed by atoms with Gasteiger partial charge in [-0.15, -0.1) is 11.8 Å². The zero-order valence-electron chi connectivity index (χ0n) is 15.1. The first-order valence-electron chi connectivity index (χ1n) is 9.18. The number of fused-ring (bicyclic) bond motifs is 1. The summed E-state index contributed by atoms with van der Waals surface area (Å²) in [6, 6.07) is 14.4. The second-order valence-corrected chi connectivity index (χ2v) is 7.94. The molecule has 1 amide bonds. The molecule has 5 heteroatoms. The van der Waals surface area contributed by atoms with Crippen LogP contribution in [-0.4, -0.2) is 30.3 Å². The van der Waals surface area contributed by atoms with E-state index in [1.165, 1.54) is 23.6 Å². The van der Waals surface area contributed by atoms with Crippen LogP contribution in [0.3, 0.4) is 0 Å². The summed E-state index contributed by atoms with van der Waals surface area (Å²) in [7, 11) is 0. The molecule has 1 aliphatic carbocycles. The predicted octanol–water partition coefficient (Wildman–Crippen LogP) is 4.17. The fraction of sp³-hybridized carbons (Fsp3) is 0.429. The monoisotopic (exact) mass is 371 g/mol. The van der Waals surface area contributed by atoms with E-state index >= 15 is 0 Å². The van der Waals surface area contributed by atoms with Gasteiger partial charge < -0.3 is 10.1 Å². The van der Waals surface area contributed by atoms with Crippen LogP contribution in [0.5, 0.6) is 0 Å². The highest BCUT2D eigenvalue weighted by Gasteiger charge is 2.23. The molecule has 0 radical (unpaired) electrons. The summed E-state index contributed by atoms with van der Waals surface area (Å²) in [4.78, 5) is 24.9. The van der Waals surface area contributed by atoms with Gasteiger partial charge in [0.15, 0.2) is 6.61 Å². The third-order valence-corrected chi connectivity index (χ3v) is 5.87. The summed E-state index contributed by atoms with van der Waals surface area (Å²) in [6.07, 6.45) is 4.54. The maximum atomic E-state index is 12.0. The lowest BCUT2D eigenvalue weighted by molar-refractivity contribution is -0.146. The summed E-state index contributed by atoms with van der Waals surface area (Å²) in [5.74, 6) is 0.125. The lowest BCUT2D eigenvalue weighted by Crippen LogP contribution is -2.43. The van der Waals surface area contributed by atoms with Crippen molar-refractivity contribution in [3.8, 4) is 0 Å². The largest absolute Gasteiger partial charge is 0.455 e. The van der Waals surface area contributed by atoms with Gasteiger partial charge >= 0.3 is 5.97 Å². The van der Waals surface area contributed by atoms with Gasteiger partial charge in [-0.05, 0) is 41.7 Å².